The molecule has 21 heavy (non-hydrogen) atoms. The van der Waals surface area contributed by atoms with Gasteiger partial charge in [-0.3, -0.25) is 0 Å². The molecule has 0 aromatic heterocycles. The van der Waals surface area contributed by atoms with Gasteiger partial charge < -0.3 is 19.7 Å². The molecule has 1 atom stereocenters. The molecular formula is C15H18N2O3S. The van der Waals surface area contributed by atoms with Crippen LogP contribution in [0, 0.1) is 0 Å². The second kappa shape index (κ2) is 6.13. The lowest BCUT2D eigenvalue weighted by molar-refractivity contribution is -0.136. The topological polar surface area (TPSA) is 50.8 Å². The molecule has 0 aliphatic carbocycles. The Balaban J connectivity index is 2.48. The van der Waals surface area contributed by atoms with E-state index >= 15 is 0 Å². The molecule has 112 valence electrons. The Bertz CT molecular complexity index is 595. The molecule has 1 N–H and O–H groups in total. The molecule has 1 aliphatic heterocycles. The van der Waals surface area contributed by atoms with Gasteiger partial charge >= 0.3 is 5.97 Å². The summed E-state index contributed by atoms with van der Waals surface area (Å²) < 4.78 is 10.1. The van der Waals surface area contributed by atoms with Gasteiger partial charge in [0.2, 0.25) is 0 Å². The summed E-state index contributed by atoms with van der Waals surface area (Å²) in [7, 11) is 4.81. The number of hydrogen-bond donors (Lipinski definition) is 1. The standard InChI is InChI=1S/C15H18N2O3S/c1-9-12(14(18)20-4)13(16-15(21)17(9)2)10-5-7-11(19-3)8-6-10/h5-8,13H,1-4H3,(H,16,21)/t13-/m1/s1. The van der Waals surface area contributed by atoms with E-state index in [1.165, 1.54) is 7.11 Å². The second-order valence-corrected chi connectivity index (χ2v) is 5.09. The van der Waals surface area contributed by atoms with E-state index in [0.29, 0.717) is 10.7 Å². The van der Waals surface area contributed by atoms with Gasteiger partial charge in [-0.2, -0.15) is 0 Å². The third kappa shape index (κ3) is 2.85. The Hall–Kier alpha value is -2.08. The largest absolute Gasteiger partial charge is 0.497 e. The van der Waals surface area contributed by atoms with Crippen LogP contribution in [0.15, 0.2) is 35.5 Å². The van der Waals surface area contributed by atoms with Crippen molar-refractivity contribution in [2.75, 3.05) is 21.3 Å². The maximum Gasteiger partial charge on any atom is 0.337 e. The first-order chi connectivity index (χ1) is 9.99. The van der Waals surface area contributed by atoms with Crippen LogP contribution in [0.1, 0.15) is 18.5 Å². The van der Waals surface area contributed by atoms with Crippen molar-refractivity contribution in [3.63, 3.8) is 0 Å². The molecule has 1 aromatic rings. The molecule has 0 amide bonds. The first kappa shape index (κ1) is 15.3. The molecule has 1 heterocycles. The number of nitrogens with zero attached hydrogens (tertiary/aromatic N) is 1. The normalized spacial score (nSPS) is 18.4. The minimum absolute atomic E-state index is 0.327. The van der Waals surface area contributed by atoms with Crippen molar-refractivity contribution in [2.24, 2.45) is 0 Å². The van der Waals surface area contributed by atoms with E-state index in [2.05, 4.69) is 5.32 Å². The maximum atomic E-state index is 12.1. The van der Waals surface area contributed by atoms with Crippen molar-refractivity contribution < 1.29 is 14.3 Å². The zero-order valence-corrected chi connectivity index (χ0v) is 13.3. The van der Waals surface area contributed by atoms with Crippen molar-refractivity contribution in [2.45, 2.75) is 13.0 Å². The van der Waals surface area contributed by atoms with Crippen LogP contribution in [0.25, 0.3) is 0 Å². The fourth-order valence-corrected chi connectivity index (χ4v) is 2.51. The van der Waals surface area contributed by atoms with E-state index in [0.717, 1.165) is 17.0 Å². The molecule has 0 radical (unpaired) electrons. The smallest absolute Gasteiger partial charge is 0.337 e. The van der Waals surface area contributed by atoms with Gasteiger partial charge in [0.25, 0.3) is 0 Å². The number of carbonyl (C=O) groups excluding carboxylic acids is 1. The lowest BCUT2D eigenvalue weighted by Crippen LogP contribution is -2.46. The van der Waals surface area contributed by atoms with E-state index in [4.69, 9.17) is 21.7 Å². The van der Waals surface area contributed by atoms with Crippen molar-refractivity contribution in [3.05, 3.63) is 41.1 Å². The summed E-state index contributed by atoms with van der Waals surface area (Å²) in [4.78, 5) is 13.9. The molecule has 1 aromatic carbocycles. The number of esters is 1. The number of rotatable bonds is 3. The summed E-state index contributed by atoms with van der Waals surface area (Å²) in [5.74, 6) is 0.393. The third-order valence-electron chi connectivity index (χ3n) is 3.61. The SMILES string of the molecule is COC(=O)C1=C(C)N(C)C(=S)N[C@@H]1c1ccc(OC)cc1. The zero-order chi connectivity index (χ0) is 15.6. The summed E-state index contributed by atoms with van der Waals surface area (Å²) in [5, 5.41) is 3.74. The van der Waals surface area contributed by atoms with Crippen LogP contribution in [0.5, 0.6) is 5.75 Å². The molecule has 5 nitrogen and oxygen atoms in total. The Morgan fingerprint density at radius 1 is 1.29 bits per heavy atom. The van der Waals surface area contributed by atoms with Gasteiger partial charge in [0.05, 0.1) is 25.8 Å². The molecular weight excluding hydrogens is 288 g/mol. The quantitative estimate of drug-likeness (QED) is 0.681. The molecule has 0 saturated carbocycles. The molecule has 0 bridgehead atoms. The van der Waals surface area contributed by atoms with Crippen molar-refractivity contribution in [3.8, 4) is 5.75 Å². The van der Waals surface area contributed by atoms with Crippen LogP contribution >= 0.6 is 12.2 Å². The average Bonchev–Trinajstić information content (AvgIpc) is 2.51. The van der Waals surface area contributed by atoms with Crippen LogP contribution < -0.4 is 10.1 Å². The van der Waals surface area contributed by atoms with Gasteiger partial charge in [0, 0.05) is 12.7 Å². The number of hydrogen-bond acceptors (Lipinski definition) is 4. The molecule has 1 aliphatic rings. The number of nitrogens with one attached hydrogen (secondary N) is 1. The Labute approximate surface area is 129 Å². The van der Waals surface area contributed by atoms with Crippen molar-refractivity contribution in [1.82, 2.24) is 10.2 Å². The van der Waals surface area contributed by atoms with E-state index in [-0.39, 0.29) is 12.0 Å². The fourth-order valence-electron chi connectivity index (χ4n) is 2.26. The van der Waals surface area contributed by atoms with Crippen LogP contribution in [-0.2, 0) is 9.53 Å². The predicted octanol–water partition coefficient (Wildman–Crippen LogP) is 2.00. The number of ether oxygens (including phenoxy) is 2. The predicted molar refractivity (Wildman–Crippen MR) is 83.9 cm³/mol. The second-order valence-electron chi connectivity index (χ2n) is 4.71. The van der Waals surface area contributed by atoms with Crippen LogP contribution in [0.4, 0.5) is 0 Å². The van der Waals surface area contributed by atoms with Crippen LogP contribution in [-0.4, -0.2) is 37.2 Å². The molecule has 0 spiro atoms. The van der Waals surface area contributed by atoms with Crippen molar-refractivity contribution >= 4 is 23.3 Å². The highest BCUT2D eigenvalue weighted by atomic mass is 32.1. The van der Waals surface area contributed by atoms with Crippen LogP contribution in [0.2, 0.25) is 0 Å². The van der Waals surface area contributed by atoms with Gasteiger partial charge in [-0.1, -0.05) is 12.1 Å². The molecule has 0 fully saturated rings. The minimum Gasteiger partial charge on any atom is -0.497 e. The first-order valence-corrected chi connectivity index (χ1v) is 6.87. The molecule has 2 rings (SSSR count). The fraction of sp³-hybridized carbons (Fsp3) is 0.333. The Morgan fingerprint density at radius 2 is 1.90 bits per heavy atom. The lowest BCUT2D eigenvalue weighted by atomic mass is 9.95. The monoisotopic (exact) mass is 306 g/mol. The molecule has 6 heteroatoms. The number of benzene rings is 1. The highest BCUT2D eigenvalue weighted by Gasteiger charge is 2.32. The third-order valence-corrected chi connectivity index (χ3v) is 4.00. The van der Waals surface area contributed by atoms with E-state index in [9.17, 15) is 4.79 Å². The van der Waals surface area contributed by atoms with Gasteiger partial charge in [-0.15, -0.1) is 0 Å². The zero-order valence-electron chi connectivity index (χ0n) is 12.5. The summed E-state index contributed by atoms with van der Waals surface area (Å²) in [6, 6.07) is 7.18. The van der Waals surface area contributed by atoms with Crippen LogP contribution in [0.3, 0.4) is 0 Å². The number of thiocarbonyl (C=S) groups is 1. The highest BCUT2D eigenvalue weighted by molar-refractivity contribution is 7.80. The van der Waals surface area contributed by atoms with Gasteiger partial charge in [0.1, 0.15) is 5.75 Å². The van der Waals surface area contributed by atoms with Gasteiger partial charge in [0.15, 0.2) is 5.11 Å². The summed E-state index contributed by atoms with van der Waals surface area (Å²) in [6.45, 7) is 1.86. The minimum atomic E-state index is -0.366. The van der Waals surface area contributed by atoms with E-state index in [1.54, 1.807) is 12.0 Å². The first-order valence-electron chi connectivity index (χ1n) is 6.46. The average molecular weight is 306 g/mol. The summed E-state index contributed by atoms with van der Waals surface area (Å²) >= 11 is 5.31. The van der Waals surface area contributed by atoms with Crippen molar-refractivity contribution in [1.29, 1.82) is 0 Å². The molecule has 0 unspecified atom stereocenters. The molecule has 0 saturated heterocycles. The summed E-state index contributed by atoms with van der Waals surface area (Å²) in [6.07, 6.45) is 0. The lowest BCUT2D eigenvalue weighted by Gasteiger charge is -2.35. The van der Waals surface area contributed by atoms with E-state index in [1.807, 2.05) is 38.2 Å². The summed E-state index contributed by atoms with van der Waals surface area (Å²) in [5.41, 5.74) is 2.26. The van der Waals surface area contributed by atoms with Gasteiger partial charge in [-0.25, -0.2) is 4.79 Å². The van der Waals surface area contributed by atoms with Gasteiger partial charge in [-0.05, 0) is 36.8 Å². The maximum absolute atomic E-state index is 12.1. The Morgan fingerprint density at radius 3 is 2.43 bits per heavy atom. The number of carbonyl (C=O) groups is 1. The number of methoxy groups -OCH3 is 2. The Kier molecular flexibility index (Phi) is 4.47. The highest BCUT2D eigenvalue weighted by Crippen LogP contribution is 2.31. The van der Waals surface area contributed by atoms with E-state index < -0.39 is 0 Å². The number of allylic oxidation sites excluding steroid dienone is 1.